The molecule has 0 aromatic rings. The summed E-state index contributed by atoms with van der Waals surface area (Å²) in [7, 11) is 0. The van der Waals surface area contributed by atoms with Crippen molar-refractivity contribution in [3.05, 3.63) is 12.2 Å². The molecule has 1 saturated carbocycles. The fourth-order valence-electron chi connectivity index (χ4n) is 2.91. The fraction of sp³-hybridized carbons (Fsp3) is 0.846. The highest BCUT2D eigenvalue weighted by Crippen LogP contribution is 2.30. The minimum absolute atomic E-state index is 0.789. The van der Waals surface area contributed by atoms with Gasteiger partial charge in [0, 0.05) is 19.1 Å². The van der Waals surface area contributed by atoms with Gasteiger partial charge in [-0.1, -0.05) is 25.0 Å². The van der Waals surface area contributed by atoms with E-state index in [1.807, 2.05) is 0 Å². The molecule has 1 saturated heterocycles. The van der Waals surface area contributed by atoms with Crippen molar-refractivity contribution in [3.8, 4) is 0 Å². The predicted octanol–water partition coefficient (Wildman–Crippen LogP) is 2.45. The molecule has 2 rings (SSSR count). The first-order chi connectivity index (χ1) is 7.42. The van der Waals surface area contributed by atoms with Crippen molar-refractivity contribution in [2.24, 2.45) is 5.92 Å². The Bertz CT molecular complexity index is 215. The molecule has 2 atom stereocenters. The lowest BCUT2D eigenvalue weighted by Gasteiger charge is -2.36. The summed E-state index contributed by atoms with van der Waals surface area (Å²) >= 11 is 0. The van der Waals surface area contributed by atoms with E-state index in [1.54, 1.807) is 0 Å². The van der Waals surface area contributed by atoms with Gasteiger partial charge in [-0.2, -0.15) is 0 Å². The van der Waals surface area contributed by atoms with Gasteiger partial charge in [0.1, 0.15) is 0 Å². The van der Waals surface area contributed by atoms with E-state index in [4.69, 9.17) is 4.74 Å². The highest BCUT2D eigenvalue weighted by molar-refractivity contribution is 4.90. The van der Waals surface area contributed by atoms with Gasteiger partial charge >= 0.3 is 0 Å². The van der Waals surface area contributed by atoms with E-state index in [0.29, 0.717) is 0 Å². The molecule has 15 heavy (non-hydrogen) atoms. The van der Waals surface area contributed by atoms with E-state index < -0.39 is 0 Å². The second-order valence-electron chi connectivity index (χ2n) is 4.75. The number of rotatable bonds is 2. The van der Waals surface area contributed by atoms with E-state index in [9.17, 15) is 0 Å². The molecule has 1 aliphatic heterocycles. The molecule has 2 aliphatic rings. The van der Waals surface area contributed by atoms with Crippen molar-refractivity contribution < 1.29 is 4.74 Å². The Morgan fingerprint density at radius 1 is 1.33 bits per heavy atom. The molecular formula is C13H23NO. The van der Waals surface area contributed by atoms with Gasteiger partial charge in [-0.25, -0.2) is 0 Å². The molecule has 0 bridgehead atoms. The number of nitrogens with zero attached hydrogens (tertiary/aromatic N) is 1. The van der Waals surface area contributed by atoms with Crippen LogP contribution in [0.1, 0.15) is 32.6 Å². The van der Waals surface area contributed by atoms with Gasteiger partial charge in [-0.15, -0.1) is 0 Å². The van der Waals surface area contributed by atoms with Crippen LogP contribution in [0.15, 0.2) is 12.2 Å². The third-order valence-electron chi connectivity index (χ3n) is 3.77. The minimum Gasteiger partial charge on any atom is -0.380 e. The van der Waals surface area contributed by atoms with Gasteiger partial charge in [0.25, 0.3) is 0 Å². The van der Waals surface area contributed by atoms with Crippen LogP contribution in [-0.4, -0.2) is 37.2 Å². The van der Waals surface area contributed by atoms with Crippen LogP contribution in [0.25, 0.3) is 0 Å². The second kappa shape index (κ2) is 5.66. The summed E-state index contributed by atoms with van der Waals surface area (Å²) in [6.45, 7) is 6.25. The highest BCUT2D eigenvalue weighted by Gasteiger charge is 2.31. The molecular weight excluding hydrogens is 186 g/mol. The zero-order valence-corrected chi connectivity index (χ0v) is 9.82. The van der Waals surface area contributed by atoms with Crippen LogP contribution in [0.4, 0.5) is 0 Å². The summed E-state index contributed by atoms with van der Waals surface area (Å²) in [4.78, 5) is 2.62. The van der Waals surface area contributed by atoms with Crippen molar-refractivity contribution in [2.45, 2.75) is 38.6 Å². The third kappa shape index (κ3) is 2.82. The van der Waals surface area contributed by atoms with Crippen molar-refractivity contribution in [2.75, 3.05) is 26.3 Å². The van der Waals surface area contributed by atoms with Crippen molar-refractivity contribution >= 4 is 0 Å². The van der Waals surface area contributed by atoms with Crippen LogP contribution >= 0.6 is 0 Å². The summed E-state index contributed by atoms with van der Waals surface area (Å²) in [6, 6.07) is 0.789. The van der Waals surface area contributed by atoms with Crippen LogP contribution in [0.5, 0.6) is 0 Å². The lowest BCUT2D eigenvalue weighted by atomic mass is 9.84. The molecule has 2 fully saturated rings. The summed E-state index contributed by atoms with van der Waals surface area (Å²) in [5.41, 5.74) is 0. The Hall–Kier alpha value is -0.340. The Balaban J connectivity index is 1.99. The average molecular weight is 209 g/mol. The lowest BCUT2D eigenvalue weighted by Crippen LogP contribution is -2.42. The normalized spacial score (nSPS) is 33.9. The first kappa shape index (κ1) is 11.2. The molecule has 2 nitrogen and oxygen atoms in total. The molecule has 0 N–H and O–H groups in total. The van der Waals surface area contributed by atoms with Gasteiger partial charge in [0.2, 0.25) is 0 Å². The topological polar surface area (TPSA) is 12.5 Å². The van der Waals surface area contributed by atoms with Crippen LogP contribution in [0, 0.1) is 5.92 Å². The molecule has 0 aromatic heterocycles. The Labute approximate surface area is 93.3 Å². The van der Waals surface area contributed by atoms with E-state index >= 15 is 0 Å². The van der Waals surface area contributed by atoms with Crippen LogP contribution < -0.4 is 0 Å². The molecule has 0 aromatic carbocycles. The van der Waals surface area contributed by atoms with Gasteiger partial charge in [0.05, 0.1) is 13.2 Å². The fourth-order valence-corrected chi connectivity index (χ4v) is 2.91. The maximum Gasteiger partial charge on any atom is 0.0593 e. The molecule has 1 heterocycles. The van der Waals surface area contributed by atoms with E-state index in [1.165, 1.54) is 25.7 Å². The Morgan fingerprint density at radius 3 is 3.07 bits per heavy atom. The standard InChI is InChI=1S/C13H23NO/c1-2-3-8-14-9-10-15-11-12-6-4-5-7-13(12)14/h2-3,12-13H,4-11H2,1H3/b3-2+. The molecule has 0 amide bonds. The van der Waals surface area contributed by atoms with Crippen LogP contribution in [0.2, 0.25) is 0 Å². The van der Waals surface area contributed by atoms with E-state index in [2.05, 4.69) is 24.0 Å². The maximum absolute atomic E-state index is 5.71. The lowest BCUT2D eigenvalue weighted by molar-refractivity contribution is 0.0965. The zero-order chi connectivity index (χ0) is 10.5. The number of allylic oxidation sites excluding steroid dienone is 1. The van der Waals surface area contributed by atoms with Crippen molar-refractivity contribution in [1.29, 1.82) is 0 Å². The smallest absolute Gasteiger partial charge is 0.0593 e. The SMILES string of the molecule is C/C=C/CN1CCOCC2CCCCC21. The third-order valence-corrected chi connectivity index (χ3v) is 3.77. The summed E-state index contributed by atoms with van der Waals surface area (Å²) in [5, 5.41) is 0. The summed E-state index contributed by atoms with van der Waals surface area (Å²) < 4.78 is 5.71. The molecule has 2 unspecified atom stereocenters. The molecule has 2 heteroatoms. The zero-order valence-electron chi connectivity index (χ0n) is 9.82. The molecule has 1 aliphatic carbocycles. The second-order valence-corrected chi connectivity index (χ2v) is 4.75. The van der Waals surface area contributed by atoms with Crippen LogP contribution in [0.3, 0.4) is 0 Å². The monoisotopic (exact) mass is 209 g/mol. The Morgan fingerprint density at radius 2 is 2.20 bits per heavy atom. The van der Waals surface area contributed by atoms with Gasteiger partial charge in [-0.05, 0) is 25.7 Å². The van der Waals surface area contributed by atoms with Gasteiger partial charge < -0.3 is 4.74 Å². The number of fused-ring (bicyclic) bond motifs is 1. The van der Waals surface area contributed by atoms with Crippen LogP contribution in [-0.2, 0) is 4.74 Å². The summed E-state index contributed by atoms with van der Waals surface area (Å²) in [6.07, 6.45) is 10.00. The highest BCUT2D eigenvalue weighted by atomic mass is 16.5. The molecule has 0 spiro atoms. The van der Waals surface area contributed by atoms with E-state index in [-0.39, 0.29) is 0 Å². The number of hydrogen-bond donors (Lipinski definition) is 0. The number of ether oxygens (including phenoxy) is 1. The Kier molecular flexibility index (Phi) is 4.21. The summed E-state index contributed by atoms with van der Waals surface area (Å²) in [5.74, 6) is 0.798. The number of hydrogen-bond acceptors (Lipinski definition) is 2. The molecule has 86 valence electrons. The maximum atomic E-state index is 5.71. The van der Waals surface area contributed by atoms with Gasteiger partial charge in [-0.3, -0.25) is 4.90 Å². The van der Waals surface area contributed by atoms with E-state index in [0.717, 1.165) is 38.3 Å². The largest absolute Gasteiger partial charge is 0.380 e. The molecule has 0 radical (unpaired) electrons. The minimum atomic E-state index is 0.789. The van der Waals surface area contributed by atoms with Gasteiger partial charge in [0.15, 0.2) is 0 Å². The quantitative estimate of drug-likeness (QED) is 0.648. The van der Waals surface area contributed by atoms with Crippen molar-refractivity contribution in [1.82, 2.24) is 4.90 Å². The predicted molar refractivity (Wildman–Crippen MR) is 63.0 cm³/mol. The first-order valence-electron chi connectivity index (χ1n) is 6.35. The van der Waals surface area contributed by atoms with Crippen molar-refractivity contribution in [3.63, 3.8) is 0 Å². The first-order valence-corrected chi connectivity index (χ1v) is 6.35. The average Bonchev–Trinajstić information content (AvgIpc) is 2.49.